The van der Waals surface area contributed by atoms with Crippen LogP contribution in [-0.2, 0) is 14.9 Å². The lowest BCUT2D eigenvalue weighted by Gasteiger charge is -2.13. The van der Waals surface area contributed by atoms with E-state index in [-0.39, 0.29) is 10.7 Å². The van der Waals surface area contributed by atoms with E-state index >= 15 is 0 Å². The van der Waals surface area contributed by atoms with Crippen molar-refractivity contribution in [1.82, 2.24) is 9.62 Å². The van der Waals surface area contributed by atoms with Gasteiger partial charge >= 0.3 is 16.3 Å². The summed E-state index contributed by atoms with van der Waals surface area (Å²) < 4.78 is 31.0. The number of para-hydroxylation sites is 1. The highest BCUT2D eigenvalue weighted by Gasteiger charge is 2.16. The molecule has 0 spiro atoms. The fourth-order valence-corrected chi connectivity index (χ4v) is 2.96. The number of benzene rings is 1. The highest BCUT2D eigenvalue weighted by Crippen LogP contribution is 2.25. The average Bonchev–Trinajstić information content (AvgIpc) is 2.53. The fraction of sp³-hybridized carbons (Fsp3) is 0.533. The van der Waals surface area contributed by atoms with Crippen LogP contribution in [0.2, 0.25) is 5.02 Å². The topological polar surface area (TPSA) is 87.7 Å². The maximum atomic E-state index is 11.5. The molecule has 24 heavy (non-hydrogen) atoms. The number of nitrogens with one attached hydrogen (secondary N) is 2. The van der Waals surface area contributed by atoms with E-state index < -0.39 is 16.3 Å². The van der Waals surface area contributed by atoms with Gasteiger partial charge in [0.15, 0.2) is 0 Å². The number of hydrogen-bond acceptors (Lipinski definition) is 5. The molecular formula is C15H26ClN3O4S. The zero-order valence-corrected chi connectivity index (χ0v) is 16.3. The van der Waals surface area contributed by atoms with Gasteiger partial charge in [0.05, 0.1) is 17.8 Å². The summed E-state index contributed by atoms with van der Waals surface area (Å²) in [5.74, 6) is 0. The normalized spacial score (nSPS) is 10.6. The fourth-order valence-electron chi connectivity index (χ4n) is 1.74. The molecule has 0 heterocycles. The summed E-state index contributed by atoms with van der Waals surface area (Å²) in [6.07, 6.45) is -1.08. The highest BCUT2D eigenvalue weighted by atomic mass is 35.5. The maximum Gasteiger partial charge on any atom is 0.422 e. The van der Waals surface area contributed by atoms with Gasteiger partial charge in [-0.15, -0.1) is 0 Å². The van der Waals surface area contributed by atoms with Crippen LogP contribution in [0.4, 0.5) is 10.5 Å². The molecule has 7 nitrogen and oxygen atoms in total. The number of halogens is 1. The van der Waals surface area contributed by atoms with Crippen molar-refractivity contribution in [3.05, 3.63) is 28.8 Å². The monoisotopic (exact) mass is 379 g/mol. The molecule has 1 rings (SSSR count). The van der Waals surface area contributed by atoms with Crippen LogP contribution >= 0.6 is 11.6 Å². The van der Waals surface area contributed by atoms with Gasteiger partial charge in [0.1, 0.15) is 0 Å². The van der Waals surface area contributed by atoms with E-state index in [1.54, 1.807) is 23.8 Å². The van der Waals surface area contributed by atoms with Gasteiger partial charge in [-0.25, -0.2) is 9.52 Å². The molecule has 0 aliphatic heterocycles. The molecule has 0 saturated heterocycles. The third kappa shape index (κ3) is 8.37. The Hall–Kier alpha value is -1.51. The maximum absolute atomic E-state index is 11.5. The Kier molecular flexibility index (Phi) is 10.4. The molecule has 138 valence electrons. The molecule has 0 atom stereocenters. The largest absolute Gasteiger partial charge is 0.452 e. The van der Waals surface area contributed by atoms with Crippen molar-refractivity contribution in [2.75, 3.05) is 31.5 Å². The quantitative estimate of drug-likeness (QED) is 0.793. The summed E-state index contributed by atoms with van der Waals surface area (Å²) in [7, 11) is -2.99. The smallest absolute Gasteiger partial charge is 0.422 e. The van der Waals surface area contributed by atoms with Gasteiger partial charge in [0, 0.05) is 0 Å². The second kappa shape index (κ2) is 11.1. The summed E-state index contributed by atoms with van der Waals surface area (Å²) in [4.78, 5) is 13.2. The number of nitrogens with zero attached hydrogens (tertiary/aromatic N) is 1. The first-order chi connectivity index (χ1) is 11.2. The molecule has 2 N–H and O–H groups in total. The van der Waals surface area contributed by atoms with E-state index in [0.717, 1.165) is 7.11 Å². The summed E-state index contributed by atoms with van der Waals surface area (Å²) in [6.45, 7) is 11.8. The third-order valence-electron chi connectivity index (χ3n) is 3.20. The number of methoxy groups -OCH3 is 1. The summed E-state index contributed by atoms with van der Waals surface area (Å²) in [6, 6.07) is 4.90. The Morgan fingerprint density at radius 1 is 1.21 bits per heavy atom. The number of carbonyl (C=O) groups excluding carboxylic acids is 1. The molecule has 1 amide bonds. The predicted molar refractivity (Wildman–Crippen MR) is 97.7 cm³/mol. The van der Waals surface area contributed by atoms with E-state index in [1.807, 2.05) is 0 Å². The number of anilines is 1. The van der Waals surface area contributed by atoms with Crippen molar-refractivity contribution in [3.8, 4) is 0 Å². The van der Waals surface area contributed by atoms with E-state index in [0.29, 0.717) is 5.56 Å². The lowest BCUT2D eigenvalue weighted by molar-refractivity contribution is 0.177. The number of amides is 1. The number of rotatable bonds is 6. The van der Waals surface area contributed by atoms with Crippen LogP contribution in [0.3, 0.4) is 0 Å². The molecule has 0 unspecified atom stereocenters. The minimum Gasteiger partial charge on any atom is -0.452 e. The molecule has 0 fully saturated rings. The standard InChI is InChI=1S/C9H11ClN2O4S.C6H15N/c1-6-4-3-5-7(10)8(6)11-17(14,15)12-9(13)16-2;1-4-7(5-2)6-3/h3-5,11H,1-2H3,(H,12,13);4-6H2,1-3H3. The summed E-state index contributed by atoms with van der Waals surface area (Å²) >= 11 is 5.84. The van der Waals surface area contributed by atoms with Crippen molar-refractivity contribution in [2.24, 2.45) is 0 Å². The van der Waals surface area contributed by atoms with Crippen LogP contribution in [0, 0.1) is 6.92 Å². The second-order valence-corrected chi connectivity index (χ2v) is 6.57. The van der Waals surface area contributed by atoms with Crippen molar-refractivity contribution < 1.29 is 17.9 Å². The minimum absolute atomic E-state index is 0.213. The first kappa shape index (κ1) is 22.5. The van der Waals surface area contributed by atoms with Crippen LogP contribution in [0.15, 0.2) is 18.2 Å². The minimum atomic E-state index is -4.05. The zero-order chi connectivity index (χ0) is 18.8. The van der Waals surface area contributed by atoms with Crippen LogP contribution in [0.5, 0.6) is 0 Å². The molecule has 0 bridgehead atoms. The Morgan fingerprint density at radius 2 is 1.75 bits per heavy atom. The van der Waals surface area contributed by atoms with Crippen LogP contribution < -0.4 is 9.44 Å². The van der Waals surface area contributed by atoms with Gasteiger partial charge in [-0.05, 0) is 38.2 Å². The second-order valence-electron chi connectivity index (χ2n) is 4.75. The van der Waals surface area contributed by atoms with Crippen molar-refractivity contribution >= 4 is 33.6 Å². The van der Waals surface area contributed by atoms with E-state index in [2.05, 4.69) is 35.1 Å². The first-order valence-corrected chi connectivity index (χ1v) is 9.42. The number of carbonyl (C=O) groups is 1. The van der Waals surface area contributed by atoms with E-state index in [9.17, 15) is 13.2 Å². The van der Waals surface area contributed by atoms with E-state index in [4.69, 9.17) is 11.6 Å². The number of ether oxygens (including phenoxy) is 1. The van der Waals surface area contributed by atoms with Gasteiger partial charge in [0.25, 0.3) is 0 Å². The molecular weight excluding hydrogens is 354 g/mol. The Labute approximate surface area is 149 Å². The van der Waals surface area contributed by atoms with Crippen LogP contribution in [0.1, 0.15) is 26.3 Å². The zero-order valence-electron chi connectivity index (χ0n) is 14.7. The number of hydrogen-bond donors (Lipinski definition) is 2. The van der Waals surface area contributed by atoms with Crippen molar-refractivity contribution in [3.63, 3.8) is 0 Å². The SMILES string of the molecule is CCN(CC)CC.COC(=O)NS(=O)(=O)Nc1c(C)cccc1Cl. The lowest BCUT2D eigenvalue weighted by atomic mass is 10.2. The molecule has 0 radical (unpaired) electrons. The number of aryl methyl sites for hydroxylation is 1. The molecule has 0 aromatic heterocycles. The highest BCUT2D eigenvalue weighted by molar-refractivity contribution is 7.91. The van der Waals surface area contributed by atoms with Gasteiger partial charge < -0.3 is 9.64 Å². The molecule has 9 heteroatoms. The van der Waals surface area contributed by atoms with Crippen LogP contribution in [0.25, 0.3) is 0 Å². The first-order valence-electron chi connectivity index (χ1n) is 7.56. The Morgan fingerprint density at radius 3 is 2.12 bits per heavy atom. The van der Waals surface area contributed by atoms with Gasteiger partial charge in [-0.3, -0.25) is 4.72 Å². The third-order valence-corrected chi connectivity index (χ3v) is 4.43. The molecule has 1 aromatic carbocycles. The summed E-state index contributed by atoms with van der Waals surface area (Å²) in [5, 5.41) is 0.236. The Bertz CT molecular complexity index is 593. The van der Waals surface area contributed by atoms with Crippen LogP contribution in [-0.4, -0.2) is 46.2 Å². The molecule has 0 aliphatic carbocycles. The Balaban J connectivity index is 0.000000640. The van der Waals surface area contributed by atoms with E-state index in [1.165, 1.54) is 25.7 Å². The lowest BCUT2D eigenvalue weighted by Crippen LogP contribution is -2.35. The van der Waals surface area contributed by atoms with Gasteiger partial charge in [-0.1, -0.05) is 44.5 Å². The van der Waals surface area contributed by atoms with Gasteiger partial charge in [-0.2, -0.15) is 8.42 Å². The predicted octanol–water partition coefficient (Wildman–Crippen LogP) is 3.01. The van der Waals surface area contributed by atoms with Gasteiger partial charge in [0.2, 0.25) is 0 Å². The average molecular weight is 380 g/mol. The van der Waals surface area contributed by atoms with Crippen molar-refractivity contribution in [1.29, 1.82) is 0 Å². The molecule has 0 aliphatic rings. The molecule has 0 saturated carbocycles. The van der Waals surface area contributed by atoms with Crippen molar-refractivity contribution in [2.45, 2.75) is 27.7 Å². The summed E-state index contributed by atoms with van der Waals surface area (Å²) in [5.41, 5.74) is 0.846. The molecule has 1 aromatic rings.